The summed E-state index contributed by atoms with van der Waals surface area (Å²) in [5.41, 5.74) is 6.28. The largest absolute Gasteiger partial charge is 0.347 e. The summed E-state index contributed by atoms with van der Waals surface area (Å²) in [7, 11) is 0. The molecule has 1 aliphatic heterocycles. The lowest BCUT2D eigenvalue weighted by Gasteiger charge is -2.19. The number of fused-ring (bicyclic) bond motifs is 1. The number of aryl methyl sites for hydroxylation is 1. The lowest BCUT2D eigenvalue weighted by molar-refractivity contribution is 0.0946. The number of carbonyl (C=O) groups excluding carboxylic acids is 1. The van der Waals surface area contributed by atoms with Gasteiger partial charge in [0, 0.05) is 30.7 Å². The normalized spacial score (nSPS) is 12.7. The molecule has 2 heterocycles. The van der Waals surface area contributed by atoms with Crippen LogP contribution in [0.4, 0.5) is 11.4 Å². The maximum absolute atomic E-state index is 12.5. The number of nitrogens with zero attached hydrogens (tertiary/aromatic N) is 2. The number of aromatic nitrogens is 1. The van der Waals surface area contributed by atoms with Gasteiger partial charge < -0.3 is 10.2 Å². The zero-order chi connectivity index (χ0) is 17.9. The minimum atomic E-state index is -0.152. The third-order valence-corrected chi connectivity index (χ3v) is 4.71. The van der Waals surface area contributed by atoms with Crippen LogP contribution in [0.25, 0.3) is 0 Å². The van der Waals surface area contributed by atoms with E-state index in [-0.39, 0.29) is 5.91 Å². The third-order valence-electron chi connectivity index (χ3n) is 4.71. The van der Waals surface area contributed by atoms with E-state index in [0.29, 0.717) is 12.2 Å². The summed E-state index contributed by atoms with van der Waals surface area (Å²) >= 11 is 0. The molecule has 0 bridgehead atoms. The summed E-state index contributed by atoms with van der Waals surface area (Å²) < 4.78 is 0. The lowest BCUT2D eigenvalue weighted by atomic mass is 10.1. The van der Waals surface area contributed by atoms with Crippen LogP contribution < -0.4 is 10.2 Å². The third kappa shape index (κ3) is 3.31. The van der Waals surface area contributed by atoms with Crippen LogP contribution >= 0.6 is 0 Å². The minimum absolute atomic E-state index is 0.152. The van der Waals surface area contributed by atoms with Crippen molar-refractivity contribution < 1.29 is 4.79 Å². The van der Waals surface area contributed by atoms with Crippen molar-refractivity contribution in [3.8, 4) is 0 Å². The number of nitrogens with one attached hydrogen (secondary N) is 1. The summed E-state index contributed by atoms with van der Waals surface area (Å²) in [5.74, 6) is -0.152. The first-order valence-corrected chi connectivity index (χ1v) is 8.86. The number of hydrogen-bond acceptors (Lipinski definition) is 3. The first-order chi connectivity index (χ1) is 12.7. The Morgan fingerprint density at radius 2 is 2.00 bits per heavy atom. The molecule has 0 aliphatic carbocycles. The van der Waals surface area contributed by atoms with Gasteiger partial charge in [-0.25, -0.2) is 0 Å². The van der Waals surface area contributed by atoms with Gasteiger partial charge in [-0.2, -0.15) is 0 Å². The van der Waals surface area contributed by atoms with Crippen molar-refractivity contribution in [2.24, 2.45) is 0 Å². The number of anilines is 2. The van der Waals surface area contributed by atoms with Crippen LogP contribution in [0.3, 0.4) is 0 Å². The Bertz CT molecular complexity index is 951. The molecular weight excluding hydrogens is 322 g/mol. The molecule has 1 amide bonds. The maximum Gasteiger partial charge on any atom is 0.270 e. The van der Waals surface area contributed by atoms with E-state index in [0.717, 1.165) is 24.2 Å². The molecule has 0 spiro atoms. The molecule has 1 N–H and O–H groups in total. The van der Waals surface area contributed by atoms with E-state index in [2.05, 4.69) is 39.5 Å². The Hall–Kier alpha value is -3.14. The number of pyridine rings is 1. The van der Waals surface area contributed by atoms with Crippen LogP contribution in [0, 0.1) is 6.92 Å². The smallest absolute Gasteiger partial charge is 0.270 e. The van der Waals surface area contributed by atoms with Crippen molar-refractivity contribution in [1.82, 2.24) is 10.3 Å². The number of amides is 1. The highest BCUT2D eigenvalue weighted by Crippen LogP contribution is 2.34. The van der Waals surface area contributed by atoms with Gasteiger partial charge in [0.15, 0.2) is 0 Å². The second-order valence-corrected chi connectivity index (χ2v) is 6.60. The van der Waals surface area contributed by atoms with Crippen molar-refractivity contribution in [1.29, 1.82) is 0 Å². The van der Waals surface area contributed by atoms with E-state index < -0.39 is 0 Å². The standard InChI is InChI=1S/C22H21N3O/c1-16-5-4-6-17(13-16)15-24-22(26)20-14-19(9-11-23-20)25-12-10-18-7-2-3-8-21(18)25/h2-9,11,13-14H,10,12,15H2,1H3,(H,24,26). The zero-order valence-corrected chi connectivity index (χ0v) is 14.8. The van der Waals surface area contributed by atoms with Crippen LogP contribution in [-0.4, -0.2) is 17.4 Å². The van der Waals surface area contributed by atoms with Gasteiger partial charge in [0.05, 0.1) is 0 Å². The first-order valence-electron chi connectivity index (χ1n) is 8.86. The molecule has 0 atom stereocenters. The number of para-hydroxylation sites is 1. The maximum atomic E-state index is 12.5. The molecule has 0 fully saturated rings. The minimum Gasteiger partial charge on any atom is -0.347 e. The molecule has 0 unspecified atom stereocenters. The summed E-state index contributed by atoms with van der Waals surface area (Å²) in [6.07, 6.45) is 2.73. The fourth-order valence-electron chi connectivity index (χ4n) is 3.41. The lowest BCUT2D eigenvalue weighted by Crippen LogP contribution is -2.24. The van der Waals surface area contributed by atoms with E-state index >= 15 is 0 Å². The molecular formula is C22H21N3O. The molecule has 4 heteroatoms. The van der Waals surface area contributed by atoms with Gasteiger partial charge in [-0.15, -0.1) is 0 Å². The molecule has 3 aromatic rings. The fourth-order valence-corrected chi connectivity index (χ4v) is 3.41. The van der Waals surface area contributed by atoms with Gasteiger partial charge in [0.25, 0.3) is 5.91 Å². The number of hydrogen-bond donors (Lipinski definition) is 1. The summed E-state index contributed by atoms with van der Waals surface area (Å²) in [6.45, 7) is 3.47. The molecule has 26 heavy (non-hydrogen) atoms. The van der Waals surface area contributed by atoms with Crippen LogP contribution in [0.5, 0.6) is 0 Å². The highest BCUT2D eigenvalue weighted by Gasteiger charge is 2.20. The molecule has 4 rings (SSSR count). The van der Waals surface area contributed by atoms with Gasteiger partial charge >= 0.3 is 0 Å². The van der Waals surface area contributed by atoms with Gasteiger partial charge in [0.2, 0.25) is 0 Å². The van der Waals surface area contributed by atoms with Crippen molar-refractivity contribution in [3.05, 3.63) is 89.2 Å². The predicted octanol–water partition coefficient (Wildman–Crippen LogP) is 4.01. The van der Waals surface area contributed by atoms with Gasteiger partial charge in [-0.1, -0.05) is 48.0 Å². The Kier molecular flexibility index (Phi) is 4.40. The summed E-state index contributed by atoms with van der Waals surface area (Å²) in [5, 5.41) is 2.96. The first kappa shape index (κ1) is 16.3. The second-order valence-electron chi connectivity index (χ2n) is 6.60. The van der Waals surface area contributed by atoms with Crippen LogP contribution in [0.2, 0.25) is 0 Å². The fraction of sp³-hybridized carbons (Fsp3) is 0.182. The molecule has 2 aromatic carbocycles. The van der Waals surface area contributed by atoms with Crippen LogP contribution in [0.1, 0.15) is 27.2 Å². The van der Waals surface area contributed by atoms with Crippen LogP contribution in [-0.2, 0) is 13.0 Å². The molecule has 1 aliphatic rings. The molecule has 130 valence electrons. The zero-order valence-electron chi connectivity index (χ0n) is 14.8. The average molecular weight is 343 g/mol. The van der Waals surface area contributed by atoms with Gasteiger partial charge in [-0.05, 0) is 42.7 Å². The van der Waals surface area contributed by atoms with Gasteiger partial charge in [-0.3, -0.25) is 9.78 Å². The molecule has 1 aromatic heterocycles. The van der Waals surface area contributed by atoms with Crippen LogP contribution in [0.15, 0.2) is 66.9 Å². The molecule has 0 saturated carbocycles. The van der Waals surface area contributed by atoms with E-state index in [4.69, 9.17) is 0 Å². The van der Waals surface area contributed by atoms with E-state index in [1.165, 1.54) is 16.8 Å². The monoisotopic (exact) mass is 343 g/mol. The SMILES string of the molecule is Cc1cccc(CNC(=O)c2cc(N3CCc4ccccc43)ccn2)c1. The van der Waals surface area contributed by atoms with E-state index in [9.17, 15) is 4.79 Å². The Balaban J connectivity index is 1.50. The molecule has 0 radical (unpaired) electrons. The van der Waals surface area contributed by atoms with Crippen molar-refractivity contribution in [2.45, 2.75) is 19.9 Å². The Labute approximate surface area is 153 Å². The van der Waals surface area contributed by atoms with Gasteiger partial charge in [0.1, 0.15) is 5.69 Å². The number of benzene rings is 2. The highest BCUT2D eigenvalue weighted by molar-refractivity contribution is 5.93. The van der Waals surface area contributed by atoms with E-state index in [1.54, 1.807) is 6.20 Å². The Morgan fingerprint density at radius 3 is 2.88 bits per heavy atom. The van der Waals surface area contributed by atoms with Crippen molar-refractivity contribution in [3.63, 3.8) is 0 Å². The van der Waals surface area contributed by atoms with Crippen molar-refractivity contribution >= 4 is 17.3 Å². The topological polar surface area (TPSA) is 45.2 Å². The number of carbonyl (C=O) groups is 1. The van der Waals surface area contributed by atoms with Crippen molar-refractivity contribution in [2.75, 3.05) is 11.4 Å². The molecule has 0 saturated heterocycles. The number of rotatable bonds is 4. The predicted molar refractivity (Wildman–Crippen MR) is 104 cm³/mol. The second kappa shape index (κ2) is 7.00. The molecule has 4 nitrogen and oxygen atoms in total. The summed E-state index contributed by atoms with van der Waals surface area (Å²) in [6, 6.07) is 20.4. The quantitative estimate of drug-likeness (QED) is 0.778. The van der Waals surface area contributed by atoms with E-state index in [1.807, 2.05) is 43.3 Å². The highest BCUT2D eigenvalue weighted by atomic mass is 16.1. The Morgan fingerprint density at radius 1 is 1.12 bits per heavy atom. The average Bonchev–Trinajstić information content (AvgIpc) is 3.10. The summed E-state index contributed by atoms with van der Waals surface area (Å²) in [4.78, 5) is 19.0.